The molecule has 1 atom stereocenters. The largest absolute Gasteiger partial charge is 0.504 e. The molecule has 12 nitrogen and oxygen atoms in total. The predicted molar refractivity (Wildman–Crippen MR) is 153 cm³/mol. The van der Waals surface area contributed by atoms with Crippen LogP contribution in [0, 0.1) is 10.1 Å². The minimum atomic E-state index is -0.917. The molecule has 0 saturated heterocycles. The average molecular weight is 583 g/mol. The van der Waals surface area contributed by atoms with E-state index < -0.39 is 16.5 Å². The van der Waals surface area contributed by atoms with Gasteiger partial charge in [0.1, 0.15) is 17.5 Å². The number of amides is 1. The number of phenolic OH excluding ortho intramolecular Hbond substituents is 1. The van der Waals surface area contributed by atoms with Crippen LogP contribution in [-0.2, 0) is 4.79 Å². The highest BCUT2D eigenvalue weighted by Gasteiger charge is 2.36. The number of hydrogen-bond acceptors (Lipinski definition) is 10. The van der Waals surface area contributed by atoms with E-state index in [-0.39, 0.29) is 33.2 Å². The molecule has 2 heterocycles. The molecule has 1 aliphatic rings. The number of non-ortho nitro benzene ring substituents is 1. The van der Waals surface area contributed by atoms with E-state index in [9.17, 15) is 24.8 Å². The van der Waals surface area contributed by atoms with Crippen molar-refractivity contribution in [2.24, 2.45) is 4.99 Å². The third-order valence-corrected chi connectivity index (χ3v) is 7.82. The van der Waals surface area contributed by atoms with Crippen molar-refractivity contribution in [3.63, 3.8) is 0 Å². The van der Waals surface area contributed by atoms with Gasteiger partial charge in [-0.2, -0.15) is 0 Å². The molecule has 3 aromatic rings. The highest BCUT2D eigenvalue weighted by molar-refractivity contribution is 7.07. The van der Waals surface area contributed by atoms with Crippen molar-refractivity contribution in [3.8, 4) is 23.0 Å². The number of aromatic hydroxyl groups is 1. The lowest BCUT2D eigenvalue weighted by Crippen LogP contribution is -2.43. The average Bonchev–Trinajstić information content (AvgIpc) is 3.27. The Morgan fingerprint density at radius 3 is 2.41 bits per heavy atom. The molecule has 0 bridgehead atoms. The van der Waals surface area contributed by atoms with E-state index in [2.05, 4.69) is 4.99 Å². The number of aromatic nitrogens is 1. The van der Waals surface area contributed by atoms with Crippen molar-refractivity contribution < 1.29 is 29.0 Å². The topological polar surface area (TPSA) is 146 Å². The van der Waals surface area contributed by atoms with Gasteiger partial charge in [0.05, 0.1) is 48.1 Å². The Labute approximate surface area is 239 Å². The van der Waals surface area contributed by atoms with Gasteiger partial charge < -0.3 is 24.2 Å². The lowest BCUT2D eigenvalue weighted by atomic mass is 9.93. The quantitative estimate of drug-likeness (QED) is 0.299. The number of rotatable bonds is 9. The molecular weight excluding hydrogens is 552 g/mol. The summed E-state index contributed by atoms with van der Waals surface area (Å²) in [6, 6.07) is 6.46. The minimum Gasteiger partial charge on any atom is -0.504 e. The second-order valence-corrected chi connectivity index (χ2v) is 10.0. The van der Waals surface area contributed by atoms with E-state index in [0.29, 0.717) is 46.2 Å². The van der Waals surface area contributed by atoms with E-state index in [1.165, 1.54) is 32.0 Å². The SMILES string of the molecule is CCN(CC)C(=O)C1=C(C)N=c2s/c(=C\c3cc([N+](=O)[O-])cc(OC)c3O)c(=O)n2[C@@H]1c1cc(OC)ccc1OC. The number of nitro groups is 1. The third kappa shape index (κ3) is 5.27. The molecule has 41 heavy (non-hydrogen) atoms. The molecule has 4 rings (SSSR count). The number of hydrogen-bond donors (Lipinski definition) is 1. The Bertz CT molecular complexity index is 1740. The van der Waals surface area contributed by atoms with Crippen LogP contribution in [0.15, 0.2) is 51.4 Å². The first-order valence-corrected chi connectivity index (χ1v) is 13.5. The Kier molecular flexibility index (Phi) is 8.47. The maximum atomic E-state index is 14.0. The van der Waals surface area contributed by atoms with Crippen LogP contribution >= 0.6 is 11.3 Å². The monoisotopic (exact) mass is 582 g/mol. The van der Waals surface area contributed by atoms with Gasteiger partial charge in [0.2, 0.25) is 0 Å². The van der Waals surface area contributed by atoms with Gasteiger partial charge in [0, 0.05) is 30.3 Å². The number of phenols is 1. The van der Waals surface area contributed by atoms with E-state index >= 15 is 0 Å². The number of likely N-dealkylation sites (N-methyl/N-ethyl adjacent to an activating group) is 1. The number of carbonyl (C=O) groups excluding carboxylic acids is 1. The molecule has 1 aliphatic heterocycles. The highest BCUT2D eigenvalue weighted by Crippen LogP contribution is 2.38. The standard InChI is InChI=1S/C28H30N4O8S/c1-7-30(8-2)27(35)23-15(3)29-28-31(24(23)19-14-18(38-4)9-10-20(19)39-5)26(34)22(41-28)12-16-11-17(32(36)37)13-21(40-6)25(16)33/h9-14,24,33H,7-8H2,1-6H3/b22-12-/t24-/m1/s1. The molecule has 0 fully saturated rings. The maximum absolute atomic E-state index is 14.0. The number of methoxy groups -OCH3 is 3. The Hall–Kier alpha value is -4.65. The van der Waals surface area contributed by atoms with Crippen LogP contribution in [-0.4, -0.2) is 59.8 Å². The van der Waals surface area contributed by atoms with Gasteiger partial charge in [0.25, 0.3) is 17.2 Å². The molecular formula is C28H30N4O8S. The van der Waals surface area contributed by atoms with Gasteiger partial charge in [-0.05, 0) is 45.0 Å². The van der Waals surface area contributed by atoms with Gasteiger partial charge in [-0.25, -0.2) is 4.99 Å². The molecule has 1 N–H and O–H groups in total. The summed E-state index contributed by atoms with van der Waals surface area (Å²) in [5, 5.41) is 22.2. The molecule has 0 unspecified atom stereocenters. The molecule has 0 spiro atoms. The zero-order valence-electron chi connectivity index (χ0n) is 23.5. The molecule has 216 valence electrons. The van der Waals surface area contributed by atoms with Crippen LogP contribution in [0.3, 0.4) is 0 Å². The van der Waals surface area contributed by atoms with Gasteiger partial charge in [-0.1, -0.05) is 11.3 Å². The molecule has 0 radical (unpaired) electrons. The van der Waals surface area contributed by atoms with Crippen LogP contribution in [0.5, 0.6) is 23.0 Å². The van der Waals surface area contributed by atoms with Crippen LogP contribution < -0.4 is 29.1 Å². The van der Waals surface area contributed by atoms with Crippen LogP contribution in [0.25, 0.3) is 6.08 Å². The van der Waals surface area contributed by atoms with Crippen LogP contribution in [0.1, 0.15) is 37.9 Å². The first-order chi connectivity index (χ1) is 19.6. The van der Waals surface area contributed by atoms with E-state index in [1.54, 1.807) is 30.0 Å². The summed E-state index contributed by atoms with van der Waals surface area (Å²) < 4.78 is 17.7. The maximum Gasteiger partial charge on any atom is 0.274 e. The Morgan fingerprint density at radius 2 is 1.83 bits per heavy atom. The summed E-state index contributed by atoms with van der Waals surface area (Å²) in [6.45, 7) is 6.35. The van der Waals surface area contributed by atoms with Gasteiger partial charge in [0.15, 0.2) is 16.3 Å². The lowest BCUT2D eigenvalue weighted by Gasteiger charge is -2.30. The third-order valence-electron chi connectivity index (χ3n) is 6.84. The van der Waals surface area contributed by atoms with E-state index in [4.69, 9.17) is 14.2 Å². The van der Waals surface area contributed by atoms with Crippen molar-refractivity contribution in [1.82, 2.24) is 9.47 Å². The number of carbonyl (C=O) groups is 1. The highest BCUT2D eigenvalue weighted by atomic mass is 32.1. The minimum absolute atomic E-state index is 0.0204. The summed E-state index contributed by atoms with van der Waals surface area (Å²) in [4.78, 5) is 45.3. The number of benzene rings is 2. The molecule has 0 aliphatic carbocycles. The summed E-state index contributed by atoms with van der Waals surface area (Å²) >= 11 is 1.03. The van der Waals surface area contributed by atoms with Crippen molar-refractivity contribution in [2.45, 2.75) is 26.8 Å². The number of ether oxygens (including phenoxy) is 3. The molecule has 1 aromatic heterocycles. The number of fused-ring (bicyclic) bond motifs is 1. The Balaban J connectivity index is 2.06. The smallest absolute Gasteiger partial charge is 0.274 e. The number of allylic oxidation sites excluding steroid dienone is 1. The zero-order valence-corrected chi connectivity index (χ0v) is 24.3. The van der Waals surface area contributed by atoms with Crippen molar-refractivity contribution in [3.05, 3.63) is 82.5 Å². The van der Waals surface area contributed by atoms with E-state index in [1.807, 2.05) is 13.8 Å². The fourth-order valence-corrected chi connectivity index (χ4v) is 5.79. The summed E-state index contributed by atoms with van der Waals surface area (Å²) in [5.41, 5.74) is 0.450. The van der Waals surface area contributed by atoms with Gasteiger partial charge in [-0.3, -0.25) is 24.3 Å². The van der Waals surface area contributed by atoms with E-state index in [0.717, 1.165) is 23.5 Å². The summed E-state index contributed by atoms with van der Waals surface area (Å²) in [7, 11) is 4.28. The lowest BCUT2D eigenvalue weighted by molar-refractivity contribution is -0.385. The molecule has 0 saturated carbocycles. The number of nitrogens with zero attached hydrogens (tertiary/aromatic N) is 4. The van der Waals surface area contributed by atoms with Crippen molar-refractivity contribution in [1.29, 1.82) is 0 Å². The Morgan fingerprint density at radius 1 is 1.15 bits per heavy atom. The molecule has 1 amide bonds. The normalized spacial score (nSPS) is 14.8. The van der Waals surface area contributed by atoms with Gasteiger partial charge >= 0.3 is 0 Å². The zero-order chi connectivity index (χ0) is 30.0. The molecule has 13 heteroatoms. The summed E-state index contributed by atoms with van der Waals surface area (Å²) in [6.07, 6.45) is 1.35. The number of nitro benzene ring substituents is 1. The van der Waals surface area contributed by atoms with Crippen LogP contribution in [0.4, 0.5) is 5.69 Å². The van der Waals surface area contributed by atoms with Crippen molar-refractivity contribution in [2.75, 3.05) is 34.4 Å². The second-order valence-electron chi connectivity index (χ2n) is 9.01. The fraction of sp³-hybridized carbons (Fsp3) is 0.321. The fourth-order valence-electron chi connectivity index (χ4n) is 4.75. The second kappa shape index (κ2) is 11.8. The first-order valence-electron chi connectivity index (χ1n) is 12.7. The number of thiazole rings is 1. The predicted octanol–water partition coefficient (Wildman–Crippen LogP) is 2.74. The van der Waals surface area contributed by atoms with Crippen molar-refractivity contribution >= 4 is 29.0 Å². The molecule has 2 aromatic carbocycles. The van der Waals surface area contributed by atoms with Crippen LogP contribution in [0.2, 0.25) is 0 Å². The van der Waals surface area contributed by atoms with Gasteiger partial charge in [-0.15, -0.1) is 0 Å². The first kappa shape index (κ1) is 29.3. The summed E-state index contributed by atoms with van der Waals surface area (Å²) in [5.74, 6) is 0.192.